The molecule has 0 aliphatic heterocycles. The van der Waals surface area contributed by atoms with Crippen LogP contribution in [0.1, 0.15) is 18.1 Å². The summed E-state index contributed by atoms with van der Waals surface area (Å²) in [5.74, 6) is -1.32. The molecule has 2 N–H and O–H groups in total. The zero-order valence-corrected chi connectivity index (χ0v) is 10.3. The molecular weight excluding hydrogens is 288 g/mol. The van der Waals surface area contributed by atoms with E-state index in [4.69, 9.17) is 5.73 Å². The van der Waals surface area contributed by atoms with E-state index in [0.717, 1.165) is 12.1 Å². The van der Waals surface area contributed by atoms with Crippen molar-refractivity contribution in [1.82, 2.24) is 0 Å². The molecule has 2 nitrogen and oxygen atoms in total. The first-order valence-corrected chi connectivity index (χ1v) is 5.41. The smallest absolute Gasteiger partial charge is 0.312 e. The third kappa shape index (κ3) is 3.50. The molecule has 0 aliphatic carbocycles. The van der Waals surface area contributed by atoms with Crippen LogP contribution in [0.25, 0.3) is 0 Å². The van der Waals surface area contributed by atoms with Gasteiger partial charge in [-0.3, -0.25) is 4.79 Å². The number of ketones is 1. The van der Waals surface area contributed by atoms with Crippen molar-refractivity contribution in [1.29, 1.82) is 0 Å². The van der Waals surface area contributed by atoms with Gasteiger partial charge in [-0.05, 0) is 24.6 Å². The van der Waals surface area contributed by atoms with Crippen LogP contribution in [0.4, 0.5) is 26.3 Å². The van der Waals surface area contributed by atoms with Crippen molar-refractivity contribution in [2.75, 3.05) is 0 Å². The van der Waals surface area contributed by atoms with Gasteiger partial charge in [0.1, 0.15) is 0 Å². The first-order valence-electron chi connectivity index (χ1n) is 5.41. The summed E-state index contributed by atoms with van der Waals surface area (Å²) >= 11 is 0. The topological polar surface area (TPSA) is 43.1 Å². The predicted octanol–water partition coefficient (Wildman–Crippen LogP) is 3.10. The lowest BCUT2D eigenvalue weighted by Gasteiger charge is -2.25. The molecule has 0 saturated carbocycles. The van der Waals surface area contributed by atoms with E-state index < -0.39 is 35.7 Å². The molecule has 1 rings (SSSR count). The van der Waals surface area contributed by atoms with Crippen molar-refractivity contribution in [3.8, 4) is 0 Å². The Kier molecular flexibility index (Phi) is 4.19. The summed E-state index contributed by atoms with van der Waals surface area (Å²) in [7, 11) is 0. The highest BCUT2D eigenvalue weighted by molar-refractivity contribution is 5.90. The second kappa shape index (κ2) is 5.08. The van der Waals surface area contributed by atoms with Gasteiger partial charge in [0.15, 0.2) is 11.3 Å². The molecule has 20 heavy (non-hydrogen) atoms. The van der Waals surface area contributed by atoms with Gasteiger partial charge in [0.2, 0.25) is 0 Å². The zero-order chi connectivity index (χ0) is 15.8. The minimum absolute atomic E-state index is 0.0314. The summed E-state index contributed by atoms with van der Waals surface area (Å²) < 4.78 is 74.4. The van der Waals surface area contributed by atoms with Gasteiger partial charge < -0.3 is 5.73 Å². The number of nitrogens with two attached hydrogens (primary N) is 1. The highest BCUT2D eigenvalue weighted by atomic mass is 19.4. The van der Waals surface area contributed by atoms with E-state index in [2.05, 4.69) is 0 Å². The summed E-state index contributed by atoms with van der Waals surface area (Å²) in [4.78, 5) is 11.5. The second-order valence-electron chi connectivity index (χ2n) is 4.49. The number of Topliss-reactive ketones (excluding diaryl/α,β-unsaturated/α-hetero) is 1. The Morgan fingerprint density at radius 1 is 1.05 bits per heavy atom. The van der Waals surface area contributed by atoms with Gasteiger partial charge in [0.25, 0.3) is 0 Å². The maximum absolute atomic E-state index is 12.5. The number of hydrogen-bond donors (Lipinski definition) is 1. The molecule has 0 bridgehead atoms. The van der Waals surface area contributed by atoms with Gasteiger partial charge in [-0.1, -0.05) is 12.1 Å². The second-order valence-corrected chi connectivity index (χ2v) is 4.49. The number of halogens is 6. The number of carbonyl (C=O) groups is 1. The average molecular weight is 299 g/mol. The zero-order valence-electron chi connectivity index (χ0n) is 10.3. The normalized spacial score (nSPS) is 15.8. The van der Waals surface area contributed by atoms with Crippen molar-refractivity contribution in [3.05, 3.63) is 35.4 Å². The Balaban J connectivity index is 2.88. The third-order valence-corrected chi connectivity index (χ3v) is 2.81. The number of hydrogen-bond acceptors (Lipinski definition) is 2. The molecule has 0 heterocycles. The number of carbonyl (C=O) groups excluding carboxylic acids is 1. The highest BCUT2D eigenvalue weighted by Crippen LogP contribution is 2.31. The van der Waals surface area contributed by atoms with E-state index >= 15 is 0 Å². The molecule has 1 aromatic carbocycles. The van der Waals surface area contributed by atoms with Crippen molar-refractivity contribution < 1.29 is 31.1 Å². The van der Waals surface area contributed by atoms with Gasteiger partial charge in [0.05, 0.1) is 5.56 Å². The summed E-state index contributed by atoms with van der Waals surface area (Å²) in [5.41, 5.74) is 0.985. The summed E-state index contributed by atoms with van der Waals surface area (Å²) in [6.45, 7) is 0.527. The van der Waals surface area contributed by atoms with Gasteiger partial charge in [-0.25, -0.2) is 0 Å². The molecule has 0 amide bonds. The lowest BCUT2D eigenvalue weighted by atomic mass is 9.92. The van der Waals surface area contributed by atoms with Crippen LogP contribution in [0.2, 0.25) is 0 Å². The molecule has 1 atom stereocenters. The SMILES string of the molecule is CC(N)(C(=O)Cc1ccc(C(F)(F)F)cc1)C(F)(F)F. The van der Waals surface area contributed by atoms with Gasteiger partial charge in [-0.15, -0.1) is 0 Å². The maximum Gasteiger partial charge on any atom is 0.416 e. The molecule has 0 radical (unpaired) electrons. The fraction of sp³-hybridized carbons (Fsp3) is 0.417. The van der Waals surface area contributed by atoms with E-state index in [-0.39, 0.29) is 5.56 Å². The Morgan fingerprint density at radius 2 is 1.50 bits per heavy atom. The van der Waals surface area contributed by atoms with Crippen molar-refractivity contribution in [3.63, 3.8) is 0 Å². The fourth-order valence-corrected chi connectivity index (χ4v) is 1.34. The Hall–Kier alpha value is -1.57. The largest absolute Gasteiger partial charge is 0.416 e. The molecule has 0 fully saturated rings. The number of rotatable bonds is 3. The molecule has 0 aliphatic rings. The van der Waals surface area contributed by atoms with Crippen LogP contribution in [0, 0.1) is 0 Å². The monoisotopic (exact) mass is 299 g/mol. The van der Waals surface area contributed by atoms with Gasteiger partial charge in [0, 0.05) is 6.42 Å². The maximum atomic E-state index is 12.5. The van der Waals surface area contributed by atoms with E-state index in [1.807, 2.05) is 0 Å². The standard InChI is InChI=1S/C12H11F6NO/c1-10(19,12(16,17)18)9(20)6-7-2-4-8(5-3-7)11(13,14)15/h2-5H,6,19H2,1H3. The molecule has 0 aromatic heterocycles. The molecule has 8 heteroatoms. The van der Waals surface area contributed by atoms with Crippen LogP contribution >= 0.6 is 0 Å². The van der Waals surface area contributed by atoms with E-state index in [1.165, 1.54) is 0 Å². The highest BCUT2D eigenvalue weighted by Gasteiger charge is 2.53. The average Bonchev–Trinajstić information content (AvgIpc) is 2.26. The Labute approximate surface area is 110 Å². The molecule has 112 valence electrons. The molecule has 0 spiro atoms. The molecule has 0 saturated heterocycles. The van der Waals surface area contributed by atoms with Crippen LogP contribution in [0.15, 0.2) is 24.3 Å². The van der Waals surface area contributed by atoms with Crippen molar-refractivity contribution in [2.45, 2.75) is 31.2 Å². The number of alkyl halides is 6. The quantitative estimate of drug-likeness (QED) is 0.872. The van der Waals surface area contributed by atoms with Crippen LogP contribution in [0.3, 0.4) is 0 Å². The summed E-state index contributed by atoms with van der Waals surface area (Å²) in [5, 5.41) is 0. The van der Waals surface area contributed by atoms with Crippen LogP contribution in [0.5, 0.6) is 0 Å². The Bertz CT molecular complexity index is 486. The lowest BCUT2D eigenvalue weighted by Crippen LogP contribution is -2.57. The molecular formula is C12H11F6NO. The minimum atomic E-state index is -4.92. The lowest BCUT2D eigenvalue weighted by molar-refractivity contribution is -0.185. The Morgan fingerprint density at radius 3 is 1.85 bits per heavy atom. The van der Waals surface area contributed by atoms with E-state index in [9.17, 15) is 31.1 Å². The molecule has 1 aromatic rings. The minimum Gasteiger partial charge on any atom is -0.312 e. The van der Waals surface area contributed by atoms with E-state index in [1.54, 1.807) is 0 Å². The summed E-state index contributed by atoms with van der Waals surface area (Å²) in [6, 6.07) is 3.30. The third-order valence-electron chi connectivity index (χ3n) is 2.81. The summed E-state index contributed by atoms with van der Waals surface area (Å²) in [6.07, 6.45) is -10.2. The van der Waals surface area contributed by atoms with Gasteiger partial charge >= 0.3 is 12.4 Å². The van der Waals surface area contributed by atoms with E-state index in [0.29, 0.717) is 19.1 Å². The van der Waals surface area contributed by atoms with Crippen molar-refractivity contribution in [2.24, 2.45) is 5.73 Å². The fourth-order valence-electron chi connectivity index (χ4n) is 1.34. The van der Waals surface area contributed by atoms with Crippen LogP contribution in [-0.2, 0) is 17.4 Å². The number of benzene rings is 1. The molecule has 1 unspecified atom stereocenters. The van der Waals surface area contributed by atoms with Crippen molar-refractivity contribution >= 4 is 5.78 Å². The van der Waals surface area contributed by atoms with Crippen LogP contribution in [-0.4, -0.2) is 17.5 Å². The van der Waals surface area contributed by atoms with Gasteiger partial charge in [-0.2, -0.15) is 26.3 Å². The first-order chi connectivity index (χ1) is 8.85. The first kappa shape index (κ1) is 16.5. The van der Waals surface area contributed by atoms with Crippen LogP contribution < -0.4 is 5.73 Å². The predicted molar refractivity (Wildman–Crippen MR) is 58.8 cm³/mol.